The zero-order valence-electron chi connectivity index (χ0n) is 24.0. The molecule has 1 atom stereocenters. The molecule has 2 N–H and O–H groups in total. The van der Waals surface area contributed by atoms with Crippen molar-refractivity contribution < 1.29 is 47.1 Å². The molecule has 234 valence electrons. The molecule has 0 spiro atoms. The molecule has 11 nitrogen and oxygen atoms in total. The Hall–Kier alpha value is -4.72. The molecule has 1 aromatic heterocycles. The van der Waals surface area contributed by atoms with E-state index in [0.29, 0.717) is 5.75 Å². The van der Waals surface area contributed by atoms with Crippen LogP contribution < -0.4 is 10.2 Å². The van der Waals surface area contributed by atoms with E-state index in [-0.39, 0.29) is 49.1 Å². The average Bonchev–Trinajstić information content (AvgIpc) is 3.00. The van der Waals surface area contributed by atoms with E-state index >= 15 is 0 Å². The summed E-state index contributed by atoms with van der Waals surface area (Å²) in [6.45, 7) is 3.82. The Morgan fingerprint density at radius 3 is 2.36 bits per heavy atom. The molecule has 14 heteroatoms. The zero-order chi connectivity index (χ0) is 32.0. The number of hydroxylamine groups is 3. The van der Waals surface area contributed by atoms with Crippen molar-refractivity contribution in [2.24, 2.45) is 5.92 Å². The number of fused-ring (bicyclic) bond motifs is 1. The van der Waals surface area contributed by atoms with Gasteiger partial charge in [-0.05, 0) is 62.1 Å². The number of para-hydroxylation sites is 1. The van der Waals surface area contributed by atoms with Gasteiger partial charge in [-0.1, -0.05) is 18.2 Å². The average molecular weight is 617 g/mol. The van der Waals surface area contributed by atoms with Crippen LogP contribution in [0.2, 0.25) is 0 Å². The number of piperidine rings is 1. The lowest BCUT2D eigenvalue weighted by Gasteiger charge is -2.39. The van der Waals surface area contributed by atoms with Crippen LogP contribution in [0.1, 0.15) is 47.8 Å². The Morgan fingerprint density at radius 2 is 1.75 bits per heavy atom. The van der Waals surface area contributed by atoms with Crippen LogP contribution in [0, 0.1) is 12.8 Å². The molecular weight excluding hydrogens is 585 g/mol. The first-order valence-electron chi connectivity index (χ1n) is 13.8. The number of nitrogens with zero attached hydrogens (tertiary/aromatic N) is 3. The summed E-state index contributed by atoms with van der Waals surface area (Å²) in [5.41, 5.74) is 3.73. The highest BCUT2D eigenvalue weighted by Crippen LogP contribution is 2.30. The molecule has 1 aliphatic rings. The summed E-state index contributed by atoms with van der Waals surface area (Å²) in [6, 6.07) is 13.5. The molecule has 1 unspecified atom stereocenters. The van der Waals surface area contributed by atoms with Gasteiger partial charge in [-0.15, -0.1) is 0 Å². The molecule has 1 saturated heterocycles. The van der Waals surface area contributed by atoms with Gasteiger partial charge in [-0.25, -0.2) is 10.3 Å². The van der Waals surface area contributed by atoms with Gasteiger partial charge in [0.1, 0.15) is 12.4 Å². The largest absolute Gasteiger partial charge is 0.493 e. The third kappa shape index (κ3) is 7.81. The van der Waals surface area contributed by atoms with Gasteiger partial charge < -0.3 is 14.5 Å². The number of rotatable bonds is 8. The highest BCUT2D eigenvalue weighted by Gasteiger charge is 2.46. The Bertz CT molecular complexity index is 1520. The van der Waals surface area contributed by atoms with Crippen LogP contribution in [-0.4, -0.2) is 69.2 Å². The van der Waals surface area contributed by atoms with Crippen molar-refractivity contribution in [3.63, 3.8) is 0 Å². The highest BCUT2D eigenvalue weighted by atomic mass is 19.4. The predicted octanol–water partition coefficient (Wildman–Crippen LogP) is 4.11. The van der Waals surface area contributed by atoms with E-state index in [9.17, 15) is 32.3 Å². The maximum atomic E-state index is 13.6. The third-order valence-corrected chi connectivity index (χ3v) is 7.39. The number of amides is 3. The van der Waals surface area contributed by atoms with Crippen LogP contribution in [-0.2, 0) is 25.8 Å². The van der Waals surface area contributed by atoms with Crippen LogP contribution >= 0.6 is 0 Å². The number of carbonyl (C=O) groups excluding carboxylic acids is 4. The molecule has 0 bridgehead atoms. The Kier molecular flexibility index (Phi) is 10.0. The van der Waals surface area contributed by atoms with E-state index in [1.165, 1.54) is 41.6 Å². The smallest absolute Gasteiger partial charge is 0.489 e. The maximum Gasteiger partial charge on any atom is 0.493 e. The van der Waals surface area contributed by atoms with E-state index in [4.69, 9.17) is 9.94 Å². The van der Waals surface area contributed by atoms with Crippen molar-refractivity contribution in [2.45, 2.75) is 51.9 Å². The molecule has 1 aliphatic heterocycles. The lowest BCUT2D eigenvalue weighted by atomic mass is 9.86. The van der Waals surface area contributed by atoms with Crippen molar-refractivity contribution >= 4 is 34.6 Å². The second-order valence-corrected chi connectivity index (χ2v) is 10.4. The van der Waals surface area contributed by atoms with E-state index in [1.54, 1.807) is 0 Å². The fraction of sp³-hybridized carbons (Fsp3) is 0.367. The number of nitrogens with one attached hydrogen (secondary N) is 1. The predicted molar refractivity (Wildman–Crippen MR) is 149 cm³/mol. The SMILES string of the molecule is CC(=O)N1CCC(C(CC(=O)NO)N(OC(=O)C(F)(F)F)C(=O)c2ccc(OCc3cc(C)nc4ccccc34)cc2)CC1. The number of likely N-dealkylation sites (tertiary alicyclic amines) is 1. The van der Waals surface area contributed by atoms with Crippen molar-refractivity contribution in [1.29, 1.82) is 0 Å². The second kappa shape index (κ2) is 13.7. The normalized spacial score (nSPS) is 14.5. The summed E-state index contributed by atoms with van der Waals surface area (Å²) < 4.78 is 45.7. The second-order valence-electron chi connectivity index (χ2n) is 10.4. The van der Waals surface area contributed by atoms with E-state index in [0.717, 1.165) is 22.2 Å². The molecular formula is C30H31F3N4O7. The zero-order valence-corrected chi connectivity index (χ0v) is 24.0. The number of aromatic nitrogens is 1. The van der Waals surface area contributed by atoms with Crippen molar-refractivity contribution in [3.8, 4) is 5.75 Å². The van der Waals surface area contributed by atoms with Crippen LogP contribution in [0.5, 0.6) is 5.75 Å². The maximum absolute atomic E-state index is 13.6. The van der Waals surface area contributed by atoms with Gasteiger partial charge in [0.05, 0.1) is 18.0 Å². The number of aryl methyl sites for hydroxylation is 1. The first-order chi connectivity index (χ1) is 20.9. The van der Waals surface area contributed by atoms with Crippen LogP contribution in [0.25, 0.3) is 10.9 Å². The fourth-order valence-corrected chi connectivity index (χ4v) is 5.17. The molecule has 3 aromatic rings. The Balaban J connectivity index is 1.58. The van der Waals surface area contributed by atoms with Gasteiger partial charge in [0.25, 0.3) is 5.91 Å². The summed E-state index contributed by atoms with van der Waals surface area (Å²) >= 11 is 0. The molecule has 1 fully saturated rings. The molecule has 2 heterocycles. The number of pyridine rings is 1. The van der Waals surface area contributed by atoms with Crippen LogP contribution in [0.4, 0.5) is 13.2 Å². The fourth-order valence-electron chi connectivity index (χ4n) is 5.17. The highest BCUT2D eigenvalue weighted by molar-refractivity contribution is 5.95. The number of alkyl halides is 3. The molecule has 2 aromatic carbocycles. The topological polar surface area (TPSA) is 138 Å². The number of hydrogen-bond donors (Lipinski definition) is 2. The minimum Gasteiger partial charge on any atom is -0.489 e. The van der Waals surface area contributed by atoms with E-state index in [2.05, 4.69) is 9.82 Å². The van der Waals surface area contributed by atoms with Gasteiger partial charge in [0.2, 0.25) is 11.8 Å². The summed E-state index contributed by atoms with van der Waals surface area (Å²) in [4.78, 5) is 60.0. The number of hydrogen-bond acceptors (Lipinski definition) is 8. The van der Waals surface area contributed by atoms with Crippen molar-refractivity contribution in [1.82, 2.24) is 20.4 Å². The summed E-state index contributed by atoms with van der Waals surface area (Å²) in [6.07, 6.45) is -5.70. The third-order valence-electron chi connectivity index (χ3n) is 7.39. The number of halogens is 3. The van der Waals surface area contributed by atoms with Gasteiger partial charge in [0, 0.05) is 42.2 Å². The lowest BCUT2D eigenvalue weighted by molar-refractivity contribution is -0.237. The molecule has 0 aliphatic carbocycles. The quantitative estimate of drug-likeness (QED) is 0.285. The van der Waals surface area contributed by atoms with E-state index in [1.807, 2.05) is 37.3 Å². The summed E-state index contributed by atoms with van der Waals surface area (Å²) in [7, 11) is 0. The minimum absolute atomic E-state index is 0.145. The first-order valence-corrected chi connectivity index (χ1v) is 13.8. The van der Waals surface area contributed by atoms with Gasteiger partial charge >= 0.3 is 12.1 Å². The number of carbonyl (C=O) groups is 4. The molecule has 4 rings (SSSR count). The Labute approximate surface area is 250 Å². The standard InChI is InChI=1S/C30H31F3N4O7/c1-18-15-22(24-5-3-4-6-25(24)34-18)17-43-23-9-7-21(8-10-23)28(40)37(44-29(41)30(31,32)33)26(16-27(39)35-42)20-11-13-36(14-12-20)19(2)38/h3-10,15,20,26,42H,11-14,16-17H2,1-2H3,(H,35,39). The van der Waals surface area contributed by atoms with Crippen molar-refractivity contribution in [2.75, 3.05) is 13.1 Å². The molecule has 0 saturated carbocycles. The first kappa shape index (κ1) is 32.2. The van der Waals surface area contributed by atoms with Crippen LogP contribution in [0.3, 0.4) is 0 Å². The van der Waals surface area contributed by atoms with Gasteiger partial charge in [-0.2, -0.15) is 18.2 Å². The minimum atomic E-state index is -5.44. The molecule has 44 heavy (non-hydrogen) atoms. The summed E-state index contributed by atoms with van der Waals surface area (Å²) in [5.74, 6) is -5.27. The summed E-state index contributed by atoms with van der Waals surface area (Å²) in [5, 5.41) is 10.3. The van der Waals surface area contributed by atoms with Crippen molar-refractivity contribution in [3.05, 3.63) is 71.4 Å². The van der Waals surface area contributed by atoms with Crippen LogP contribution in [0.15, 0.2) is 54.6 Å². The number of benzene rings is 2. The molecule has 0 radical (unpaired) electrons. The van der Waals surface area contributed by atoms with Gasteiger partial charge in [-0.3, -0.25) is 24.6 Å². The van der Waals surface area contributed by atoms with E-state index < -0.39 is 42.3 Å². The molecule has 3 amide bonds. The Morgan fingerprint density at radius 1 is 1.09 bits per heavy atom. The van der Waals surface area contributed by atoms with Gasteiger partial charge in [0.15, 0.2) is 0 Å². The lowest BCUT2D eigenvalue weighted by Crippen LogP contribution is -2.52. The monoisotopic (exact) mass is 616 g/mol. The number of ether oxygens (including phenoxy) is 1.